The van der Waals surface area contributed by atoms with Gasteiger partial charge in [0.05, 0.1) is 21.6 Å². The molecule has 74 valence electrons. The largest absolute Gasteiger partial charge is 0.516 e. The summed E-state index contributed by atoms with van der Waals surface area (Å²) in [5.41, 5.74) is -0.106. The molecular formula is C4H6BrN3O5. The van der Waals surface area contributed by atoms with E-state index < -0.39 is 20.8 Å². The highest BCUT2D eigenvalue weighted by molar-refractivity contribution is 9.09. The van der Waals surface area contributed by atoms with Crippen molar-refractivity contribution in [3.8, 4) is 0 Å². The molecule has 0 radical (unpaired) electrons. The number of nitrogens with zero attached hydrogens (tertiary/aromatic N) is 3. The van der Waals surface area contributed by atoms with Gasteiger partial charge in [-0.15, -0.1) is 0 Å². The van der Waals surface area contributed by atoms with Crippen molar-refractivity contribution in [2.24, 2.45) is 5.16 Å². The van der Waals surface area contributed by atoms with Crippen LogP contribution in [0.4, 0.5) is 0 Å². The first-order valence-corrected chi connectivity index (χ1v) is 3.79. The van der Waals surface area contributed by atoms with Gasteiger partial charge in [-0.1, -0.05) is 5.16 Å². The van der Waals surface area contributed by atoms with Crippen LogP contribution in [0.1, 0.15) is 13.3 Å². The van der Waals surface area contributed by atoms with Crippen LogP contribution in [-0.4, -0.2) is 25.3 Å². The van der Waals surface area contributed by atoms with Crippen LogP contribution < -0.4 is 0 Å². The van der Waals surface area contributed by atoms with E-state index in [0.717, 1.165) is 0 Å². The molecule has 0 rings (SSSR count). The summed E-state index contributed by atoms with van der Waals surface area (Å²) in [7, 11) is 0. The lowest BCUT2D eigenvalue weighted by Crippen LogP contribution is -2.41. The van der Waals surface area contributed by atoms with E-state index >= 15 is 0 Å². The molecule has 0 saturated carbocycles. The van der Waals surface area contributed by atoms with Crippen LogP contribution in [0.5, 0.6) is 0 Å². The Morgan fingerprint density at radius 3 is 2.15 bits per heavy atom. The van der Waals surface area contributed by atoms with Crippen LogP contribution >= 0.6 is 15.9 Å². The number of rotatable bonds is 4. The van der Waals surface area contributed by atoms with Gasteiger partial charge in [0, 0.05) is 0 Å². The van der Waals surface area contributed by atoms with Gasteiger partial charge in [-0.25, -0.2) is 0 Å². The molecule has 0 bridgehead atoms. The molecule has 1 N–H and O–H groups in total. The van der Waals surface area contributed by atoms with Gasteiger partial charge in [-0.3, -0.25) is 20.2 Å². The topological polar surface area (TPSA) is 119 Å². The first-order valence-electron chi connectivity index (χ1n) is 3.00. The Morgan fingerprint density at radius 2 is 1.92 bits per heavy atom. The first-order chi connectivity index (χ1) is 5.84. The summed E-state index contributed by atoms with van der Waals surface area (Å²) in [6.45, 7) is 1.24. The summed E-state index contributed by atoms with van der Waals surface area (Å²) >= 11 is 2.37. The van der Waals surface area contributed by atoms with Crippen molar-refractivity contribution in [2.45, 2.75) is 17.9 Å². The highest BCUT2D eigenvalue weighted by Gasteiger charge is 2.53. The highest BCUT2D eigenvalue weighted by Crippen LogP contribution is 2.24. The standard InChI is InChI=1S/C4H6BrN3O5/c1-3(6-9)2-4(5,7(10)11)8(12)13/h9H,2H2,1H3. The molecule has 0 fully saturated rings. The summed E-state index contributed by atoms with van der Waals surface area (Å²) < 4.78 is -2.51. The second-order valence-corrected chi connectivity index (χ2v) is 3.52. The van der Waals surface area contributed by atoms with Gasteiger partial charge in [-0.05, 0) is 6.92 Å². The number of oxime groups is 1. The molecule has 0 heterocycles. The maximum atomic E-state index is 10.3. The zero-order chi connectivity index (χ0) is 10.6. The minimum Gasteiger partial charge on any atom is -0.411 e. The molecule has 0 unspecified atom stereocenters. The molecule has 0 aromatic heterocycles. The SMILES string of the molecule is CC(CC(Br)([N+](=O)[O-])[N+](=O)[O-])=NO. The van der Waals surface area contributed by atoms with Crippen LogP contribution in [-0.2, 0) is 0 Å². The lowest BCUT2D eigenvalue weighted by molar-refractivity contribution is -0.756. The predicted octanol–water partition coefficient (Wildman–Crippen LogP) is 0.829. The second-order valence-electron chi connectivity index (χ2n) is 2.25. The van der Waals surface area contributed by atoms with E-state index in [1.54, 1.807) is 0 Å². The van der Waals surface area contributed by atoms with Gasteiger partial charge in [0.1, 0.15) is 16.3 Å². The Balaban J connectivity index is 4.83. The van der Waals surface area contributed by atoms with Crippen molar-refractivity contribution < 1.29 is 15.1 Å². The summed E-state index contributed by atoms with van der Waals surface area (Å²) in [6.07, 6.45) is -0.608. The van der Waals surface area contributed by atoms with Gasteiger partial charge < -0.3 is 5.21 Å². The molecule has 0 aliphatic heterocycles. The molecule has 8 nitrogen and oxygen atoms in total. The monoisotopic (exact) mass is 255 g/mol. The molecule has 0 saturated heterocycles. The molecule has 0 spiro atoms. The smallest absolute Gasteiger partial charge is 0.411 e. The van der Waals surface area contributed by atoms with E-state index in [9.17, 15) is 20.2 Å². The summed E-state index contributed by atoms with van der Waals surface area (Å²) in [4.78, 5) is 18.4. The normalized spacial score (nSPS) is 12.6. The van der Waals surface area contributed by atoms with Crippen LogP contribution in [0, 0.1) is 20.2 Å². The molecule has 0 amide bonds. The van der Waals surface area contributed by atoms with Crippen LogP contribution in [0.2, 0.25) is 0 Å². The van der Waals surface area contributed by atoms with E-state index in [1.165, 1.54) is 6.92 Å². The van der Waals surface area contributed by atoms with E-state index in [4.69, 9.17) is 5.21 Å². The van der Waals surface area contributed by atoms with Crippen molar-refractivity contribution >= 4 is 21.6 Å². The Morgan fingerprint density at radius 1 is 1.54 bits per heavy atom. The van der Waals surface area contributed by atoms with Crippen LogP contribution in [0.3, 0.4) is 0 Å². The Kier molecular flexibility index (Phi) is 3.72. The number of halogens is 1. The fraction of sp³-hybridized carbons (Fsp3) is 0.750. The van der Waals surface area contributed by atoms with Gasteiger partial charge >= 0.3 is 4.57 Å². The van der Waals surface area contributed by atoms with Crippen LogP contribution in [0.25, 0.3) is 0 Å². The van der Waals surface area contributed by atoms with Gasteiger partial charge in [-0.2, -0.15) is 0 Å². The van der Waals surface area contributed by atoms with E-state index in [-0.39, 0.29) is 5.71 Å². The minimum atomic E-state index is -2.51. The van der Waals surface area contributed by atoms with Gasteiger partial charge in [0.2, 0.25) is 0 Å². The number of alkyl halides is 1. The Labute approximate surface area is 80.7 Å². The number of nitro groups is 2. The molecule has 0 atom stereocenters. The zero-order valence-electron chi connectivity index (χ0n) is 6.51. The molecule has 0 aromatic carbocycles. The van der Waals surface area contributed by atoms with Crippen molar-refractivity contribution in [1.29, 1.82) is 0 Å². The van der Waals surface area contributed by atoms with E-state index in [1.807, 2.05) is 0 Å². The molecule has 0 aliphatic carbocycles. The lowest BCUT2D eigenvalue weighted by atomic mass is 10.2. The van der Waals surface area contributed by atoms with Gasteiger partial charge in [0.25, 0.3) is 0 Å². The average molecular weight is 256 g/mol. The number of hydrogen-bond donors (Lipinski definition) is 1. The first kappa shape index (κ1) is 11.8. The van der Waals surface area contributed by atoms with E-state index in [0.29, 0.717) is 0 Å². The molecule has 9 heteroatoms. The van der Waals surface area contributed by atoms with Crippen molar-refractivity contribution in [1.82, 2.24) is 0 Å². The minimum absolute atomic E-state index is 0.106. The molecule has 0 aromatic rings. The lowest BCUT2D eigenvalue weighted by Gasteiger charge is -2.08. The van der Waals surface area contributed by atoms with Crippen molar-refractivity contribution in [2.75, 3.05) is 0 Å². The average Bonchev–Trinajstić information content (AvgIpc) is 2.03. The number of hydrogen-bond acceptors (Lipinski definition) is 6. The fourth-order valence-corrected chi connectivity index (χ4v) is 0.962. The van der Waals surface area contributed by atoms with Crippen molar-refractivity contribution in [3.63, 3.8) is 0 Å². The maximum Gasteiger partial charge on any atom is 0.516 e. The molecule has 0 aliphatic rings. The Hall–Kier alpha value is -1.25. The van der Waals surface area contributed by atoms with Crippen molar-refractivity contribution in [3.05, 3.63) is 20.2 Å². The quantitative estimate of drug-likeness (QED) is 0.152. The summed E-state index contributed by atoms with van der Waals surface area (Å²) in [6, 6.07) is 0. The summed E-state index contributed by atoms with van der Waals surface area (Å²) in [5, 5.41) is 31.4. The van der Waals surface area contributed by atoms with Gasteiger partial charge in [0.15, 0.2) is 0 Å². The highest BCUT2D eigenvalue weighted by atomic mass is 79.9. The fourth-order valence-electron chi connectivity index (χ4n) is 0.557. The zero-order valence-corrected chi connectivity index (χ0v) is 8.09. The second kappa shape index (κ2) is 4.12. The summed E-state index contributed by atoms with van der Waals surface area (Å²) in [5.74, 6) is 0. The predicted molar refractivity (Wildman–Crippen MR) is 45.2 cm³/mol. The van der Waals surface area contributed by atoms with E-state index in [2.05, 4.69) is 21.1 Å². The molecular weight excluding hydrogens is 250 g/mol. The maximum absolute atomic E-state index is 10.3. The Bertz CT molecular complexity index is 251. The van der Waals surface area contributed by atoms with Crippen LogP contribution in [0.15, 0.2) is 5.16 Å². The third-order valence-electron chi connectivity index (χ3n) is 1.21. The molecule has 13 heavy (non-hydrogen) atoms. The third-order valence-corrected chi connectivity index (χ3v) is 2.07. The third kappa shape index (κ3) is 2.61.